The topological polar surface area (TPSA) is 98.2 Å². The van der Waals surface area contributed by atoms with Crippen molar-refractivity contribution in [3.63, 3.8) is 0 Å². The zero-order valence-corrected chi connectivity index (χ0v) is 7.67. The number of primary amides is 2. The van der Waals surface area contributed by atoms with Gasteiger partial charge in [0, 0.05) is 6.54 Å². The summed E-state index contributed by atoms with van der Waals surface area (Å²) in [5.41, 5.74) is 10.8. The van der Waals surface area contributed by atoms with Crippen LogP contribution >= 0.6 is 0 Å². The SMILES string of the molecule is C=C(C)CNC(CC(N)=O)C(N)=O. The number of hydrogen-bond acceptors (Lipinski definition) is 3. The van der Waals surface area contributed by atoms with Gasteiger partial charge in [0.05, 0.1) is 12.5 Å². The molecule has 0 spiro atoms. The van der Waals surface area contributed by atoms with E-state index in [1.807, 2.05) is 0 Å². The number of rotatable bonds is 6. The standard InChI is InChI=1S/C8H15N3O2/c1-5(2)4-11-6(8(10)13)3-7(9)12/h6,11H,1,3-4H2,2H3,(H2,9,12)(H2,10,13). The molecular weight excluding hydrogens is 170 g/mol. The van der Waals surface area contributed by atoms with E-state index in [9.17, 15) is 9.59 Å². The van der Waals surface area contributed by atoms with E-state index in [1.54, 1.807) is 6.92 Å². The number of carbonyl (C=O) groups is 2. The van der Waals surface area contributed by atoms with Crippen LogP contribution in [0.3, 0.4) is 0 Å². The minimum Gasteiger partial charge on any atom is -0.370 e. The number of nitrogens with one attached hydrogen (secondary N) is 1. The minimum absolute atomic E-state index is 0.0807. The summed E-state index contributed by atoms with van der Waals surface area (Å²) < 4.78 is 0. The van der Waals surface area contributed by atoms with Gasteiger partial charge in [-0.25, -0.2) is 0 Å². The molecule has 5 N–H and O–H groups in total. The maximum Gasteiger partial charge on any atom is 0.235 e. The molecule has 13 heavy (non-hydrogen) atoms. The van der Waals surface area contributed by atoms with Crippen LogP contribution < -0.4 is 16.8 Å². The quantitative estimate of drug-likeness (QED) is 0.457. The van der Waals surface area contributed by atoms with Gasteiger partial charge in [-0.3, -0.25) is 9.59 Å². The molecule has 0 radical (unpaired) electrons. The van der Waals surface area contributed by atoms with Gasteiger partial charge >= 0.3 is 0 Å². The number of nitrogens with two attached hydrogens (primary N) is 2. The van der Waals surface area contributed by atoms with Gasteiger partial charge in [-0.1, -0.05) is 12.2 Å². The van der Waals surface area contributed by atoms with Crippen LogP contribution in [-0.4, -0.2) is 24.4 Å². The second-order valence-corrected chi connectivity index (χ2v) is 2.96. The van der Waals surface area contributed by atoms with Crippen molar-refractivity contribution in [2.75, 3.05) is 6.54 Å². The van der Waals surface area contributed by atoms with Gasteiger partial charge in [-0.2, -0.15) is 0 Å². The largest absolute Gasteiger partial charge is 0.370 e. The molecule has 0 saturated heterocycles. The van der Waals surface area contributed by atoms with Crippen molar-refractivity contribution in [1.82, 2.24) is 5.32 Å². The third-order valence-corrected chi connectivity index (χ3v) is 1.40. The van der Waals surface area contributed by atoms with E-state index in [1.165, 1.54) is 0 Å². The highest BCUT2D eigenvalue weighted by Gasteiger charge is 2.16. The Balaban J connectivity index is 4.02. The molecule has 2 amide bonds. The molecule has 5 heteroatoms. The first kappa shape index (κ1) is 11.6. The normalized spacial score (nSPS) is 12.1. The summed E-state index contributed by atoms with van der Waals surface area (Å²) in [5, 5.41) is 2.78. The molecule has 0 rings (SSSR count). The summed E-state index contributed by atoms with van der Waals surface area (Å²) in [6, 6.07) is -0.700. The number of hydrogen-bond donors (Lipinski definition) is 3. The third-order valence-electron chi connectivity index (χ3n) is 1.40. The van der Waals surface area contributed by atoms with Crippen molar-refractivity contribution >= 4 is 11.8 Å². The lowest BCUT2D eigenvalue weighted by atomic mass is 10.2. The van der Waals surface area contributed by atoms with E-state index < -0.39 is 17.9 Å². The van der Waals surface area contributed by atoms with Crippen molar-refractivity contribution < 1.29 is 9.59 Å². The molecule has 0 aliphatic heterocycles. The molecular formula is C8H15N3O2. The first-order chi connectivity index (χ1) is 5.93. The van der Waals surface area contributed by atoms with E-state index in [0.29, 0.717) is 6.54 Å². The van der Waals surface area contributed by atoms with Crippen molar-refractivity contribution in [2.45, 2.75) is 19.4 Å². The molecule has 0 fully saturated rings. The summed E-state index contributed by atoms with van der Waals surface area (Å²) in [6.45, 7) is 5.88. The van der Waals surface area contributed by atoms with Gasteiger partial charge in [0.1, 0.15) is 0 Å². The van der Waals surface area contributed by atoms with Gasteiger partial charge in [-0.05, 0) is 6.92 Å². The average molecular weight is 185 g/mol. The molecule has 0 aromatic heterocycles. The van der Waals surface area contributed by atoms with Crippen molar-refractivity contribution in [3.8, 4) is 0 Å². The van der Waals surface area contributed by atoms with Gasteiger partial charge in [-0.15, -0.1) is 0 Å². The highest BCUT2D eigenvalue weighted by molar-refractivity contribution is 5.86. The highest BCUT2D eigenvalue weighted by Crippen LogP contribution is 1.92. The third kappa shape index (κ3) is 5.86. The van der Waals surface area contributed by atoms with E-state index in [0.717, 1.165) is 5.57 Å². The van der Waals surface area contributed by atoms with E-state index in [-0.39, 0.29) is 6.42 Å². The Hall–Kier alpha value is -1.36. The monoisotopic (exact) mass is 185 g/mol. The Morgan fingerprint density at radius 3 is 2.31 bits per heavy atom. The molecule has 1 unspecified atom stereocenters. The zero-order chi connectivity index (χ0) is 10.4. The summed E-state index contributed by atoms with van der Waals surface area (Å²) in [6.07, 6.45) is -0.0807. The molecule has 1 atom stereocenters. The van der Waals surface area contributed by atoms with E-state index >= 15 is 0 Å². The fourth-order valence-electron chi connectivity index (χ4n) is 0.772. The summed E-state index contributed by atoms with van der Waals surface area (Å²) >= 11 is 0. The molecule has 0 aromatic carbocycles. The van der Waals surface area contributed by atoms with Crippen LogP contribution in [0.15, 0.2) is 12.2 Å². The molecule has 0 bridgehead atoms. The van der Waals surface area contributed by atoms with Gasteiger partial charge in [0.2, 0.25) is 11.8 Å². The molecule has 0 aliphatic rings. The average Bonchev–Trinajstić information content (AvgIpc) is 1.96. The second kappa shape index (κ2) is 5.31. The van der Waals surface area contributed by atoms with Crippen LogP contribution in [0.4, 0.5) is 0 Å². The maximum absolute atomic E-state index is 10.8. The van der Waals surface area contributed by atoms with E-state index in [4.69, 9.17) is 11.5 Å². The van der Waals surface area contributed by atoms with Crippen LogP contribution in [0, 0.1) is 0 Å². The summed E-state index contributed by atoms with van der Waals surface area (Å²) in [7, 11) is 0. The predicted molar refractivity (Wildman–Crippen MR) is 49.6 cm³/mol. The Labute approximate surface area is 77.2 Å². The minimum atomic E-state index is -0.700. The lowest BCUT2D eigenvalue weighted by molar-refractivity contribution is -0.125. The molecule has 0 aliphatic carbocycles. The van der Waals surface area contributed by atoms with Crippen LogP contribution in [0.1, 0.15) is 13.3 Å². The lowest BCUT2D eigenvalue weighted by Gasteiger charge is -2.13. The highest BCUT2D eigenvalue weighted by atomic mass is 16.2. The molecule has 0 aromatic rings. The smallest absolute Gasteiger partial charge is 0.235 e. The first-order valence-electron chi connectivity index (χ1n) is 3.89. The number of carbonyl (C=O) groups excluding carboxylic acids is 2. The number of amides is 2. The van der Waals surface area contributed by atoms with Crippen LogP contribution in [0.5, 0.6) is 0 Å². The van der Waals surface area contributed by atoms with Crippen molar-refractivity contribution in [1.29, 1.82) is 0 Å². The van der Waals surface area contributed by atoms with Gasteiger partial charge < -0.3 is 16.8 Å². The molecule has 0 heterocycles. The molecule has 0 saturated carbocycles. The van der Waals surface area contributed by atoms with Gasteiger partial charge in [0.25, 0.3) is 0 Å². The van der Waals surface area contributed by atoms with Crippen molar-refractivity contribution in [3.05, 3.63) is 12.2 Å². The Kier molecular flexibility index (Phi) is 4.76. The first-order valence-corrected chi connectivity index (χ1v) is 3.89. The maximum atomic E-state index is 10.8. The Bertz CT molecular complexity index is 225. The fourth-order valence-corrected chi connectivity index (χ4v) is 0.772. The van der Waals surface area contributed by atoms with Gasteiger partial charge in [0.15, 0.2) is 0 Å². The fraction of sp³-hybridized carbons (Fsp3) is 0.500. The zero-order valence-electron chi connectivity index (χ0n) is 7.67. The van der Waals surface area contributed by atoms with Crippen LogP contribution in [0.25, 0.3) is 0 Å². The predicted octanol–water partition coefficient (Wildman–Crippen LogP) is -1.12. The van der Waals surface area contributed by atoms with Crippen LogP contribution in [0.2, 0.25) is 0 Å². The Morgan fingerprint density at radius 2 is 2.00 bits per heavy atom. The lowest BCUT2D eigenvalue weighted by Crippen LogP contribution is -2.44. The van der Waals surface area contributed by atoms with E-state index in [2.05, 4.69) is 11.9 Å². The van der Waals surface area contributed by atoms with Crippen molar-refractivity contribution in [2.24, 2.45) is 11.5 Å². The van der Waals surface area contributed by atoms with Crippen LogP contribution in [-0.2, 0) is 9.59 Å². The Morgan fingerprint density at radius 1 is 1.46 bits per heavy atom. The second-order valence-electron chi connectivity index (χ2n) is 2.96. The molecule has 74 valence electrons. The molecule has 5 nitrogen and oxygen atoms in total. The summed E-state index contributed by atoms with van der Waals surface area (Å²) in [4.78, 5) is 21.3. The summed E-state index contributed by atoms with van der Waals surface area (Å²) in [5.74, 6) is -1.14.